The Bertz CT molecular complexity index is 1080. The van der Waals surface area contributed by atoms with Crippen LogP contribution in [0.1, 0.15) is 111 Å². The number of halogens is 1. The van der Waals surface area contributed by atoms with Gasteiger partial charge < -0.3 is 4.74 Å². The maximum atomic E-state index is 14.8. The Hall–Kier alpha value is -2.53. The predicted molar refractivity (Wildman–Crippen MR) is 153 cm³/mol. The number of hydrogen-bond acceptors (Lipinski definition) is 4. The largest absolute Gasteiger partial charge is 0.419 e. The molecule has 2 aromatic heterocycles. The second-order valence-electron chi connectivity index (χ2n) is 9.89. The van der Waals surface area contributed by atoms with Crippen LogP contribution in [0.25, 0.3) is 11.3 Å². The Kier molecular flexibility index (Phi) is 12.8. The highest BCUT2D eigenvalue weighted by Gasteiger charge is 2.15. The molecule has 0 N–H and O–H groups in total. The third-order valence-corrected chi connectivity index (χ3v) is 7.84. The number of thiophene rings is 1. The molecule has 0 saturated heterocycles. The average Bonchev–Trinajstić information content (AvgIpc) is 3.38. The number of rotatable bonds is 17. The summed E-state index contributed by atoms with van der Waals surface area (Å²) in [4.78, 5) is 18.7. The minimum atomic E-state index is -0.564. The lowest BCUT2D eigenvalue weighted by Crippen LogP contribution is -2.07. The van der Waals surface area contributed by atoms with Crippen LogP contribution in [0.15, 0.2) is 48.7 Å². The summed E-state index contributed by atoms with van der Waals surface area (Å²) in [7, 11) is 0. The van der Waals surface area contributed by atoms with Gasteiger partial charge in [-0.2, -0.15) is 0 Å². The number of hydrogen-bond donors (Lipinski definition) is 0. The van der Waals surface area contributed by atoms with Crippen LogP contribution in [0.4, 0.5) is 4.39 Å². The molecule has 0 radical (unpaired) electrons. The van der Waals surface area contributed by atoms with E-state index in [0.29, 0.717) is 16.1 Å². The first-order valence-corrected chi connectivity index (χ1v) is 15.0. The van der Waals surface area contributed by atoms with Gasteiger partial charge in [-0.1, -0.05) is 84.1 Å². The normalized spacial score (nSPS) is 11.1. The van der Waals surface area contributed by atoms with Crippen LogP contribution < -0.4 is 4.74 Å². The molecule has 3 aromatic rings. The lowest BCUT2D eigenvalue weighted by atomic mass is 10.0. The van der Waals surface area contributed by atoms with Crippen LogP contribution in [0, 0.1) is 5.82 Å². The van der Waals surface area contributed by atoms with Crippen molar-refractivity contribution in [3.8, 4) is 17.0 Å². The first-order chi connectivity index (χ1) is 18.1. The molecule has 0 aliphatic heterocycles. The number of carbonyl (C=O) groups excluding carboxylic acids is 1. The highest BCUT2D eigenvalue weighted by molar-refractivity contribution is 7.13. The third kappa shape index (κ3) is 10.0. The fourth-order valence-corrected chi connectivity index (χ4v) is 5.37. The predicted octanol–water partition coefficient (Wildman–Crippen LogP) is 9.97. The van der Waals surface area contributed by atoms with Crippen molar-refractivity contribution in [2.75, 3.05) is 0 Å². The van der Waals surface area contributed by atoms with Crippen molar-refractivity contribution < 1.29 is 13.9 Å². The van der Waals surface area contributed by atoms with E-state index in [-0.39, 0.29) is 5.75 Å². The first kappa shape index (κ1) is 29.0. The molecule has 2 heterocycles. The quantitative estimate of drug-likeness (QED) is 0.100. The number of ether oxygens (including phenoxy) is 1. The smallest absolute Gasteiger partial charge is 0.353 e. The SMILES string of the molecule is CCCCCCCCCCCc1ccc(-c2ccc(OC(=O)c3ccc(CCCCC)s3)c(F)c2)nc1. The minimum absolute atomic E-state index is 0.0586. The standard InChI is InChI=1S/C32H42FNO2S/c1-3-5-7-8-9-10-11-12-14-15-25-17-20-29(34-24-25)26-18-21-30(28(33)23-26)36-32(35)31-22-19-27(37-31)16-13-6-4-2/h17-24H,3-16H2,1-2H3. The van der Waals surface area contributed by atoms with E-state index in [1.54, 1.807) is 12.1 Å². The van der Waals surface area contributed by atoms with Crippen molar-refractivity contribution >= 4 is 17.3 Å². The Morgan fingerprint density at radius 1 is 0.811 bits per heavy atom. The van der Waals surface area contributed by atoms with Crippen molar-refractivity contribution in [1.82, 2.24) is 4.98 Å². The molecule has 0 amide bonds. The molecule has 0 spiro atoms. The van der Waals surface area contributed by atoms with Crippen LogP contribution >= 0.6 is 11.3 Å². The summed E-state index contributed by atoms with van der Waals surface area (Å²) in [6.45, 7) is 4.42. The van der Waals surface area contributed by atoms with E-state index >= 15 is 0 Å². The summed E-state index contributed by atoms with van der Waals surface area (Å²) in [6.07, 6.45) is 19.2. The van der Waals surface area contributed by atoms with Crippen LogP contribution in [0.5, 0.6) is 5.75 Å². The van der Waals surface area contributed by atoms with E-state index in [9.17, 15) is 9.18 Å². The number of carbonyl (C=O) groups is 1. The Morgan fingerprint density at radius 3 is 2.16 bits per heavy atom. The number of benzene rings is 1. The van der Waals surface area contributed by atoms with Crippen LogP contribution in [-0.4, -0.2) is 11.0 Å². The van der Waals surface area contributed by atoms with Gasteiger partial charge in [-0.25, -0.2) is 9.18 Å². The molecular formula is C32H42FNO2S. The number of aryl methyl sites for hydroxylation is 2. The molecule has 0 unspecified atom stereocenters. The van der Waals surface area contributed by atoms with E-state index < -0.39 is 11.8 Å². The van der Waals surface area contributed by atoms with Gasteiger partial charge in [0.15, 0.2) is 11.6 Å². The zero-order valence-electron chi connectivity index (χ0n) is 22.6. The molecule has 0 bridgehead atoms. The Labute approximate surface area is 226 Å². The van der Waals surface area contributed by atoms with Gasteiger partial charge >= 0.3 is 5.97 Å². The fourth-order valence-electron chi connectivity index (χ4n) is 4.45. The highest BCUT2D eigenvalue weighted by Crippen LogP contribution is 2.27. The molecule has 0 atom stereocenters. The zero-order chi connectivity index (χ0) is 26.3. The van der Waals surface area contributed by atoms with Gasteiger partial charge in [0.1, 0.15) is 4.88 Å². The summed E-state index contributed by atoms with van der Waals surface area (Å²) in [6, 6.07) is 12.4. The van der Waals surface area contributed by atoms with Gasteiger partial charge in [-0.15, -0.1) is 11.3 Å². The molecule has 5 heteroatoms. The highest BCUT2D eigenvalue weighted by atomic mass is 32.1. The maximum Gasteiger partial charge on any atom is 0.353 e. The van der Waals surface area contributed by atoms with Crippen LogP contribution in [-0.2, 0) is 12.8 Å². The molecule has 3 nitrogen and oxygen atoms in total. The summed E-state index contributed by atoms with van der Waals surface area (Å²) < 4.78 is 20.1. The number of pyridine rings is 1. The molecule has 0 fully saturated rings. The van der Waals surface area contributed by atoms with Crippen LogP contribution in [0.2, 0.25) is 0 Å². The number of unbranched alkanes of at least 4 members (excludes halogenated alkanes) is 10. The summed E-state index contributed by atoms with van der Waals surface area (Å²) in [5.74, 6) is -1.14. The molecular weight excluding hydrogens is 481 g/mol. The van der Waals surface area contributed by atoms with Crippen molar-refractivity contribution in [1.29, 1.82) is 0 Å². The van der Waals surface area contributed by atoms with Gasteiger partial charge in [0, 0.05) is 16.6 Å². The van der Waals surface area contributed by atoms with Gasteiger partial charge in [0.2, 0.25) is 0 Å². The summed E-state index contributed by atoms with van der Waals surface area (Å²) >= 11 is 1.42. The maximum absolute atomic E-state index is 14.8. The Balaban J connectivity index is 1.45. The minimum Gasteiger partial charge on any atom is -0.419 e. The van der Waals surface area contributed by atoms with Crippen molar-refractivity contribution in [2.24, 2.45) is 0 Å². The van der Waals surface area contributed by atoms with E-state index in [4.69, 9.17) is 4.74 Å². The van der Waals surface area contributed by atoms with Crippen molar-refractivity contribution in [3.63, 3.8) is 0 Å². The van der Waals surface area contributed by atoms with E-state index in [2.05, 4.69) is 24.9 Å². The molecule has 0 saturated carbocycles. The van der Waals surface area contributed by atoms with Crippen molar-refractivity contribution in [3.05, 3.63) is 69.8 Å². The van der Waals surface area contributed by atoms with Gasteiger partial charge in [-0.05, 0) is 67.6 Å². The fraction of sp³-hybridized carbons (Fsp3) is 0.500. The second kappa shape index (κ2) is 16.3. The van der Waals surface area contributed by atoms with E-state index in [1.165, 1.54) is 93.2 Å². The van der Waals surface area contributed by atoms with Gasteiger partial charge in [0.05, 0.1) is 5.69 Å². The topological polar surface area (TPSA) is 39.2 Å². The molecule has 37 heavy (non-hydrogen) atoms. The molecule has 1 aromatic carbocycles. The van der Waals surface area contributed by atoms with E-state index in [1.807, 2.05) is 18.3 Å². The lowest BCUT2D eigenvalue weighted by Gasteiger charge is -2.07. The molecule has 200 valence electrons. The Morgan fingerprint density at radius 2 is 1.49 bits per heavy atom. The zero-order valence-corrected chi connectivity index (χ0v) is 23.4. The summed E-state index contributed by atoms with van der Waals surface area (Å²) in [5.41, 5.74) is 2.59. The number of aromatic nitrogens is 1. The van der Waals surface area contributed by atoms with Gasteiger partial charge in [0.25, 0.3) is 0 Å². The second-order valence-corrected chi connectivity index (χ2v) is 11.1. The van der Waals surface area contributed by atoms with Gasteiger partial charge in [-0.3, -0.25) is 4.98 Å². The van der Waals surface area contributed by atoms with Crippen LogP contribution in [0.3, 0.4) is 0 Å². The number of nitrogens with zero attached hydrogens (tertiary/aromatic N) is 1. The summed E-state index contributed by atoms with van der Waals surface area (Å²) in [5, 5.41) is 0. The number of esters is 1. The average molecular weight is 524 g/mol. The molecule has 0 aliphatic rings. The van der Waals surface area contributed by atoms with Crippen molar-refractivity contribution in [2.45, 2.75) is 104 Å². The lowest BCUT2D eigenvalue weighted by molar-refractivity contribution is 0.0733. The first-order valence-electron chi connectivity index (χ1n) is 14.2. The monoisotopic (exact) mass is 523 g/mol. The molecule has 0 aliphatic carbocycles. The van der Waals surface area contributed by atoms with E-state index in [0.717, 1.165) is 30.6 Å². The third-order valence-electron chi connectivity index (χ3n) is 6.71. The molecule has 3 rings (SSSR count).